The van der Waals surface area contributed by atoms with E-state index >= 15 is 0 Å². The summed E-state index contributed by atoms with van der Waals surface area (Å²) in [6.45, 7) is 1.45. The molecule has 102 valence electrons. The van der Waals surface area contributed by atoms with Crippen LogP contribution >= 0.6 is 0 Å². The highest BCUT2D eigenvalue weighted by Crippen LogP contribution is 2.12. The molecule has 0 aliphatic carbocycles. The van der Waals surface area contributed by atoms with Gasteiger partial charge in [0.15, 0.2) is 5.03 Å². The lowest BCUT2D eigenvalue weighted by Gasteiger charge is -2.11. The fourth-order valence-corrected chi connectivity index (χ4v) is 2.57. The van der Waals surface area contributed by atoms with Gasteiger partial charge in [0.05, 0.1) is 12.6 Å². The third-order valence-electron chi connectivity index (χ3n) is 2.43. The number of pyridine rings is 1. The summed E-state index contributed by atoms with van der Waals surface area (Å²) in [4.78, 5) is 7.67. The zero-order valence-electron chi connectivity index (χ0n) is 10.1. The minimum Gasteiger partial charge on any atom is -0.392 e. The Bertz CT molecular complexity index is 624. The van der Waals surface area contributed by atoms with Crippen molar-refractivity contribution >= 4 is 10.0 Å². The number of nitrogens with one attached hydrogen (secondary N) is 2. The number of aromatic nitrogens is 4. The quantitative estimate of drug-likeness (QED) is 0.694. The van der Waals surface area contributed by atoms with Gasteiger partial charge >= 0.3 is 0 Å². The monoisotopic (exact) mass is 283 g/mol. The third kappa shape index (κ3) is 3.13. The number of rotatable bonds is 5. The molecular formula is C10H13N5O3S. The molecule has 1 unspecified atom stereocenters. The molecule has 2 heterocycles. The molecule has 0 saturated heterocycles. The van der Waals surface area contributed by atoms with Crippen LogP contribution in [0.15, 0.2) is 29.7 Å². The van der Waals surface area contributed by atoms with Gasteiger partial charge in [-0.25, -0.2) is 18.4 Å². The Morgan fingerprint density at radius 3 is 2.74 bits per heavy atom. The Hall–Kier alpha value is -1.84. The highest BCUT2D eigenvalue weighted by molar-refractivity contribution is 7.89. The average molecular weight is 283 g/mol. The fraction of sp³-hybridized carbons (Fsp3) is 0.300. The highest BCUT2D eigenvalue weighted by Gasteiger charge is 2.20. The normalized spacial score (nSPS) is 13.4. The van der Waals surface area contributed by atoms with Gasteiger partial charge in [-0.3, -0.25) is 5.10 Å². The molecule has 9 heteroatoms. The first-order valence-corrected chi connectivity index (χ1v) is 6.94. The van der Waals surface area contributed by atoms with Crippen molar-refractivity contribution in [2.24, 2.45) is 0 Å². The number of aliphatic hydroxyl groups excluding tert-OH is 1. The molecule has 0 aliphatic heterocycles. The van der Waals surface area contributed by atoms with Gasteiger partial charge in [0.2, 0.25) is 0 Å². The van der Waals surface area contributed by atoms with Crippen molar-refractivity contribution in [1.29, 1.82) is 0 Å². The Morgan fingerprint density at radius 1 is 1.42 bits per heavy atom. The SMILES string of the molecule is CC(NS(=O)(=O)c1ccc(CO)cn1)c1ncn[nH]1. The minimum atomic E-state index is -3.74. The van der Waals surface area contributed by atoms with Gasteiger partial charge in [-0.1, -0.05) is 6.07 Å². The van der Waals surface area contributed by atoms with Crippen molar-refractivity contribution in [1.82, 2.24) is 24.9 Å². The van der Waals surface area contributed by atoms with Gasteiger partial charge in [-0.15, -0.1) is 0 Å². The summed E-state index contributed by atoms with van der Waals surface area (Å²) in [5, 5.41) is 15.0. The molecule has 3 N–H and O–H groups in total. The van der Waals surface area contributed by atoms with Gasteiger partial charge in [0.1, 0.15) is 12.2 Å². The van der Waals surface area contributed by atoms with Crippen LogP contribution < -0.4 is 4.72 Å². The Balaban J connectivity index is 2.17. The van der Waals surface area contributed by atoms with E-state index in [0.717, 1.165) is 0 Å². The minimum absolute atomic E-state index is 0.115. The van der Waals surface area contributed by atoms with Gasteiger partial charge in [-0.05, 0) is 18.6 Å². The molecule has 8 nitrogen and oxygen atoms in total. The summed E-state index contributed by atoms with van der Waals surface area (Å²) in [6.07, 6.45) is 2.61. The average Bonchev–Trinajstić information content (AvgIpc) is 2.92. The number of nitrogens with zero attached hydrogens (tertiary/aromatic N) is 3. The smallest absolute Gasteiger partial charge is 0.258 e. The maximum absolute atomic E-state index is 12.0. The first-order valence-electron chi connectivity index (χ1n) is 5.46. The summed E-state index contributed by atoms with van der Waals surface area (Å²) in [5.41, 5.74) is 0.544. The van der Waals surface area contributed by atoms with Crippen LogP contribution in [0.3, 0.4) is 0 Å². The van der Waals surface area contributed by atoms with Crippen molar-refractivity contribution in [3.63, 3.8) is 0 Å². The van der Waals surface area contributed by atoms with Crippen LogP contribution in [0.25, 0.3) is 0 Å². The Morgan fingerprint density at radius 2 is 2.21 bits per heavy atom. The van der Waals surface area contributed by atoms with Crippen LogP contribution in [0.2, 0.25) is 0 Å². The number of sulfonamides is 1. The maximum atomic E-state index is 12.0. The second-order valence-electron chi connectivity index (χ2n) is 3.88. The molecule has 19 heavy (non-hydrogen) atoms. The van der Waals surface area contributed by atoms with Crippen molar-refractivity contribution < 1.29 is 13.5 Å². The second-order valence-corrected chi connectivity index (χ2v) is 5.54. The van der Waals surface area contributed by atoms with E-state index < -0.39 is 16.1 Å². The molecule has 0 aliphatic rings. The summed E-state index contributed by atoms with van der Waals surface area (Å²) in [7, 11) is -3.74. The molecule has 2 rings (SSSR count). The summed E-state index contributed by atoms with van der Waals surface area (Å²) >= 11 is 0. The molecule has 0 saturated carbocycles. The maximum Gasteiger partial charge on any atom is 0.258 e. The number of aromatic amines is 1. The first kappa shape index (κ1) is 13.6. The molecule has 1 atom stereocenters. The van der Waals surface area contributed by atoms with E-state index in [-0.39, 0.29) is 11.6 Å². The molecule has 0 amide bonds. The van der Waals surface area contributed by atoms with E-state index in [1.165, 1.54) is 24.7 Å². The largest absolute Gasteiger partial charge is 0.392 e. The zero-order valence-corrected chi connectivity index (χ0v) is 10.9. The Labute approximate surface area is 110 Å². The summed E-state index contributed by atoms with van der Waals surface area (Å²) in [6, 6.07) is 2.29. The molecule has 0 bridgehead atoms. The molecule has 0 radical (unpaired) electrons. The number of hydrogen-bond donors (Lipinski definition) is 3. The van der Waals surface area contributed by atoms with E-state index in [1.807, 2.05) is 0 Å². The van der Waals surface area contributed by atoms with Crippen molar-refractivity contribution in [2.45, 2.75) is 24.6 Å². The van der Waals surface area contributed by atoms with E-state index in [9.17, 15) is 8.42 Å². The molecule has 0 spiro atoms. The van der Waals surface area contributed by atoms with Crippen LogP contribution in [0.1, 0.15) is 24.4 Å². The number of H-pyrrole nitrogens is 1. The van der Waals surface area contributed by atoms with E-state index in [1.54, 1.807) is 6.92 Å². The molecule has 2 aromatic heterocycles. The second kappa shape index (κ2) is 5.43. The predicted octanol–water partition coefficient (Wildman–Crippen LogP) is -0.269. The third-order valence-corrected chi connectivity index (χ3v) is 3.89. The van der Waals surface area contributed by atoms with Crippen molar-refractivity contribution in [3.8, 4) is 0 Å². The summed E-state index contributed by atoms with van der Waals surface area (Å²) < 4.78 is 26.5. The molecular weight excluding hydrogens is 270 g/mol. The lowest BCUT2D eigenvalue weighted by Crippen LogP contribution is -2.28. The lowest BCUT2D eigenvalue weighted by atomic mass is 10.3. The van der Waals surface area contributed by atoms with E-state index in [4.69, 9.17) is 5.11 Å². The van der Waals surface area contributed by atoms with Crippen LogP contribution in [0, 0.1) is 0 Å². The predicted molar refractivity (Wildman–Crippen MR) is 65.3 cm³/mol. The van der Waals surface area contributed by atoms with Crippen LogP contribution in [0.4, 0.5) is 0 Å². The van der Waals surface area contributed by atoms with Crippen LogP contribution in [-0.2, 0) is 16.6 Å². The van der Waals surface area contributed by atoms with Gasteiger partial charge in [0, 0.05) is 6.20 Å². The topological polar surface area (TPSA) is 121 Å². The molecule has 0 aromatic carbocycles. The van der Waals surface area contributed by atoms with Crippen molar-refractivity contribution in [2.75, 3.05) is 0 Å². The molecule has 2 aromatic rings. The zero-order chi connectivity index (χ0) is 13.9. The van der Waals surface area contributed by atoms with Gasteiger partial charge in [0.25, 0.3) is 10.0 Å². The fourth-order valence-electron chi connectivity index (χ4n) is 1.44. The van der Waals surface area contributed by atoms with Crippen LogP contribution in [0.5, 0.6) is 0 Å². The molecule has 0 fully saturated rings. The van der Waals surface area contributed by atoms with Crippen molar-refractivity contribution in [3.05, 3.63) is 36.0 Å². The van der Waals surface area contributed by atoms with Crippen LogP contribution in [-0.4, -0.2) is 33.7 Å². The first-order chi connectivity index (χ1) is 9.03. The number of aliphatic hydroxyl groups is 1. The van der Waals surface area contributed by atoms with E-state index in [0.29, 0.717) is 11.4 Å². The Kier molecular flexibility index (Phi) is 3.88. The van der Waals surface area contributed by atoms with Gasteiger partial charge in [-0.2, -0.15) is 9.82 Å². The lowest BCUT2D eigenvalue weighted by molar-refractivity contribution is 0.281. The highest BCUT2D eigenvalue weighted by atomic mass is 32.2. The summed E-state index contributed by atoms with van der Waals surface area (Å²) in [5.74, 6) is 0.413. The van der Waals surface area contributed by atoms with E-state index in [2.05, 4.69) is 24.9 Å². The number of hydrogen-bond acceptors (Lipinski definition) is 6. The standard InChI is InChI=1S/C10H13N5O3S/c1-7(10-12-6-13-14-10)15-19(17,18)9-3-2-8(5-16)4-11-9/h2-4,6-7,15-16H,5H2,1H3,(H,12,13,14). The van der Waals surface area contributed by atoms with Gasteiger partial charge < -0.3 is 5.11 Å².